The van der Waals surface area contributed by atoms with E-state index in [4.69, 9.17) is 5.73 Å². The standard InChI is InChI=1S/C14H23N3/c1-4-14(3)6-9-17(10-7-14)13-12(15)11(2)5-8-16-13/h5,8H,4,6-7,9-10,15H2,1-3H3. The van der Waals surface area contributed by atoms with Gasteiger partial charge in [-0.25, -0.2) is 4.98 Å². The van der Waals surface area contributed by atoms with Crippen LogP contribution in [-0.2, 0) is 0 Å². The Labute approximate surface area is 104 Å². The first-order valence-electron chi connectivity index (χ1n) is 6.52. The molecule has 0 aromatic carbocycles. The maximum absolute atomic E-state index is 6.11. The summed E-state index contributed by atoms with van der Waals surface area (Å²) in [4.78, 5) is 6.77. The van der Waals surface area contributed by atoms with E-state index < -0.39 is 0 Å². The lowest BCUT2D eigenvalue weighted by Gasteiger charge is -2.39. The molecule has 17 heavy (non-hydrogen) atoms. The first-order valence-corrected chi connectivity index (χ1v) is 6.52. The van der Waals surface area contributed by atoms with E-state index in [2.05, 4.69) is 23.7 Å². The molecule has 1 saturated heterocycles. The van der Waals surface area contributed by atoms with Crippen LogP contribution < -0.4 is 10.6 Å². The van der Waals surface area contributed by atoms with Gasteiger partial charge < -0.3 is 10.6 Å². The molecule has 0 radical (unpaired) electrons. The molecular formula is C14H23N3. The number of nitrogen functional groups attached to an aromatic ring is 1. The van der Waals surface area contributed by atoms with Crippen molar-refractivity contribution in [2.24, 2.45) is 5.41 Å². The zero-order valence-corrected chi connectivity index (χ0v) is 11.2. The molecule has 3 heteroatoms. The monoisotopic (exact) mass is 233 g/mol. The van der Waals surface area contributed by atoms with Crippen molar-refractivity contribution in [3.63, 3.8) is 0 Å². The van der Waals surface area contributed by atoms with Crippen LogP contribution in [0.3, 0.4) is 0 Å². The van der Waals surface area contributed by atoms with Crippen LogP contribution in [0.4, 0.5) is 11.5 Å². The van der Waals surface area contributed by atoms with Gasteiger partial charge in [-0.05, 0) is 36.8 Å². The highest BCUT2D eigenvalue weighted by atomic mass is 15.2. The second-order valence-corrected chi connectivity index (χ2v) is 5.52. The fourth-order valence-corrected chi connectivity index (χ4v) is 2.42. The molecule has 1 fully saturated rings. The van der Waals surface area contributed by atoms with Gasteiger partial charge in [0.1, 0.15) is 0 Å². The number of hydrogen-bond acceptors (Lipinski definition) is 3. The predicted molar refractivity (Wildman–Crippen MR) is 73.2 cm³/mol. The number of hydrogen-bond donors (Lipinski definition) is 1. The second kappa shape index (κ2) is 4.55. The highest BCUT2D eigenvalue weighted by Gasteiger charge is 2.29. The molecule has 94 valence electrons. The summed E-state index contributed by atoms with van der Waals surface area (Å²) in [5.41, 5.74) is 8.58. The van der Waals surface area contributed by atoms with Gasteiger partial charge in [0.05, 0.1) is 5.69 Å². The third-order valence-corrected chi connectivity index (χ3v) is 4.31. The zero-order valence-electron chi connectivity index (χ0n) is 11.2. The lowest BCUT2D eigenvalue weighted by molar-refractivity contribution is 0.238. The Bertz CT molecular complexity index is 392. The van der Waals surface area contributed by atoms with E-state index in [0.29, 0.717) is 5.41 Å². The van der Waals surface area contributed by atoms with Crippen LogP contribution >= 0.6 is 0 Å². The number of pyridine rings is 1. The fraction of sp³-hybridized carbons (Fsp3) is 0.643. The summed E-state index contributed by atoms with van der Waals surface area (Å²) < 4.78 is 0. The minimum Gasteiger partial charge on any atom is -0.396 e. The smallest absolute Gasteiger partial charge is 0.152 e. The molecule has 0 saturated carbocycles. The number of rotatable bonds is 2. The summed E-state index contributed by atoms with van der Waals surface area (Å²) >= 11 is 0. The summed E-state index contributed by atoms with van der Waals surface area (Å²) in [6, 6.07) is 1.97. The SMILES string of the molecule is CCC1(C)CCN(c2nccc(C)c2N)CC1. The molecule has 2 N–H and O–H groups in total. The average molecular weight is 233 g/mol. The van der Waals surface area contributed by atoms with Gasteiger partial charge in [0.25, 0.3) is 0 Å². The van der Waals surface area contributed by atoms with E-state index >= 15 is 0 Å². The lowest BCUT2D eigenvalue weighted by Crippen LogP contribution is -2.39. The summed E-state index contributed by atoms with van der Waals surface area (Å²) in [6.07, 6.45) is 5.59. The number of piperidine rings is 1. The van der Waals surface area contributed by atoms with Crippen LogP contribution in [0, 0.1) is 12.3 Å². The van der Waals surface area contributed by atoms with Gasteiger partial charge in [-0.15, -0.1) is 0 Å². The molecule has 2 rings (SSSR count). The van der Waals surface area contributed by atoms with Crippen molar-refractivity contribution in [2.75, 3.05) is 23.7 Å². The van der Waals surface area contributed by atoms with E-state index in [1.807, 2.05) is 19.2 Å². The van der Waals surface area contributed by atoms with E-state index in [9.17, 15) is 0 Å². The summed E-state index contributed by atoms with van der Waals surface area (Å²) in [5, 5.41) is 0. The highest BCUT2D eigenvalue weighted by Crippen LogP contribution is 2.36. The maximum Gasteiger partial charge on any atom is 0.152 e. The first kappa shape index (κ1) is 12.2. The van der Waals surface area contributed by atoms with Crippen LogP contribution in [0.15, 0.2) is 12.3 Å². The number of aromatic nitrogens is 1. The van der Waals surface area contributed by atoms with Crippen molar-refractivity contribution >= 4 is 11.5 Å². The maximum atomic E-state index is 6.11. The Balaban J connectivity index is 2.13. The van der Waals surface area contributed by atoms with Gasteiger partial charge in [0.15, 0.2) is 5.82 Å². The topological polar surface area (TPSA) is 42.2 Å². The van der Waals surface area contributed by atoms with Crippen LogP contribution in [0.2, 0.25) is 0 Å². The molecule has 0 atom stereocenters. The largest absolute Gasteiger partial charge is 0.396 e. The Hall–Kier alpha value is -1.25. The third-order valence-electron chi connectivity index (χ3n) is 4.31. The molecule has 1 aromatic rings. The number of anilines is 2. The van der Waals surface area contributed by atoms with Crippen molar-refractivity contribution in [3.8, 4) is 0 Å². The van der Waals surface area contributed by atoms with Crippen LogP contribution in [0.5, 0.6) is 0 Å². The van der Waals surface area contributed by atoms with E-state index in [0.717, 1.165) is 30.2 Å². The summed E-state index contributed by atoms with van der Waals surface area (Å²) in [7, 11) is 0. The Kier molecular flexibility index (Phi) is 3.27. The van der Waals surface area contributed by atoms with Crippen LogP contribution in [0.1, 0.15) is 38.7 Å². The summed E-state index contributed by atoms with van der Waals surface area (Å²) in [6.45, 7) is 8.86. The molecule has 0 amide bonds. The van der Waals surface area contributed by atoms with Crippen molar-refractivity contribution in [1.29, 1.82) is 0 Å². The van der Waals surface area contributed by atoms with Gasteiger partial charge >= 0.3 is 0 Å². The molecule has 0 spiro atoms. The molecule has 2 heterocycles. The van der Waals surface area contributed by atoms with Crippen LogP contribution in [-0.4, -0.2) is 18.1 Å². The minimum atomic E-state index is 0.509. The second-order valence-electron chi connectivity index (χ2n) is 5.52. The minimum absolute atomic E-state index is 0.509. The van der Waals surface area contributed by atoms with Crippen molar-refractivity contribution < 1.29 is 0 Å². The fourth-order valence-electron chi connectivity index (χ4n) is 2.42. The predicted octanol–water partition coefficient (Wildman–Crippen LogP) is 2.99. The normalized spacial score (nSPS) is 19.4. The van der Waals surface area contributed by atoms with Crippen molar-refractivity contribution in [1.82, 2.24) is 4.98 Å². The van der Waals surface area contributed by atoms with Gasteiger partial charge in [0, 0.05) is 19.3 Å². The van der Waals surface area contributed by atoms with Crippen molar-refractivity contribution in [3.05, 3.63) is 17.8 Å². The number of nitrogens with zero attached hydrogens (tertiary/aromatic N) is 2. The molecule has 1 aliphatic heterocycles. The summed E-state index contributed by atoms with van der Waals surface area (Å²) in [5.74, 6) is 0.975. The van der Waals surface area contributed by atoms with Crippen LogP contribution in [0.25, 0.3) is 0 Å². The highest BCUT2D eigenvalue weighted by molar-refractivity contribution is 5.66. The molecular weight excluding hydrogens is 210 g/mol. The quantitative estimate of drug-likeness (QED) is 0.854. The van der Waals surface area contributed by atoms with Gasteiger partial charge in [-0.1, -0.05) is 20.3 Å². The van der Waals surface area contributed by atoms with Crippen molar-refractivity contribution in [2.45, 2.75) is 40.0 Å². The van der Waals surface area contributed by atoms with E-state index in [1.165, 1.54) is 19.3 Å². The Morgan fingerprint density at radius 2 is 2.06 bits per heavy atom. The first-order chi connectivity index (χ1) is 8.06. The third kappa shape index (κ3) is 2.38. The lowest BCUT2D eigenvalue weighted by atomic mass is 9.78. The van der Waals surface area contributed by atoms with E-state index in [1.54, 1.807) is 0 Å². The molecule has 0 unspecified atom stereocenters. The average Bonchev–Trinajstić information content (AvgIpc) is 2.34. The van der Waals surface area contributed by atoms with Gasteiger partial charge in [-0.3, -0.25) is 0 Å². The Morgan fingerprint density at radius 3 is 2.65 bits per heavy atom. The molecule has 0 aliphatic carbocycles. The molecule has 0 bridgehead atoms. The zero-order chi connectivity index (χ0) is 12.5. The molecule has 1 aromatic heterocycles. The number of nitrogens with two attached hydrogens (primary N) is 1. The molecule has 3 nitrogen and oxygen atoms in total. The Morgan fingerprint density at radius 1 is 1.41 bits per heavy atom. The van der Waals surface area contributed by atoms with Gasteiger partial charge in [-0.2, -0.15) is 0 Å². The number of aryl methyl sites for hydroxylation is 1. The molecule has 1 aliphatic rings. The van der Waals surface area contributed by atoms with Gasteiger partial charge in [0.2, 0.25) is 0 Å². The van der Waals surface area contributed by atoms with E-state index in [-0.39, 0.29) is 0 Å².